The molecule has 4 rings (SSSR count). The van der Waals surface area contributed by atoms with Gasteiger partial charge in [-0.15, -0.1) is 0 Å². The van der Waals surface area contributed by atoms with Crippen LogP contribution in [0.4, 0.5) is 0 Å². The van der Waals surface area contributed by atoms with Crippen LogP contribution >= 0.6 is 27.5 Å². The Labute approximate surface area is 214 Å². The lowest BCUT2D eigenvalue weighted by Gasteiger charge is -2.42. The van der Waals surface area contributed by atoms with E-state index >= 15 is 0 Å². The van der Waals surface area contributed by atoms with Crippen LogP contribution in [0.1, 0.15) is 25.7 Å². The Kier molecular flexibility index (Phi) is 8.20. The molecule has 2 aromatic rings. The highest BCUT2D eigenvalue weighted by molar-refractivity contribution is 9.10. The second-order valence-corrected chi connectivity index (χ2v) is 12.0. The van der Waals surface area contributed by atoms with Gasteiger partial charge in [0, 0.05) is 35.7 Å². The van der Waals surface area contributed by atoms with E-state index in [1.54, 1.807) is 48.5 Å². The van der Waals surface area contributed by atoms with Crippen molar-refractivity contribution in [2.75, 3.05) is 39.4 Å². The highest BCUT2D eigenvalue weighted by atomic mass is 79.9. The quantitative estimate of drug-likeness (QED) is 0.494. The van der Waals surface area contributed by atoms with Gasteiger partial charge in [-0.05, 0) is 61.7 Å². The van der Waals surface area contributed by atoms with Gasteiger partial charge in [-0.2, -0.15) is 4.31 Å². The van der Waals surface area contributed by atoms with E-state index in [1.807, 2.05) is 4.90 Å². The fraction of sp³-hybridized carbons (Fsp3) is 0.458. The Bertz CT molecular complexity index is 1110. The molecule has 2 fully saturated rings. The fourth-order valence-electron chi connectivity index (χ4n) is 4.32. The van der Waals surface area contributed by atoms with Crippen molar-refractivity contribution in [3.8, 4) is 5.75 Å². The van der Waals surface area contributed by atoms with Crippen LogP contribution in [0.25, 0.3) is 0 Å². The molecular formula is C24H28BrClN2O5S. The van der Waals surface area contributed by atoms with Crippen LogP contribution in [-0.2, 0) is 19.6 Å². The number of sulfonamides is 1. The molecule has 10 heteroatoms. The molecule has 184 valence electrons. The Morgan fingerprint density at radius 3 is 2.53 bits per heavy atom. The zero-order valence-electron chi connectivity index (χ0n) is 18.8. The number of rotatable bonds is 7. The first-order chi connectivity index (χ1) is 16.3. The maximum Gasteiger partial charge on any atom is 0.243 e. The van der Waals surface area contributed by atoms with Crippen molar-refractivity contribution >= 4 is 43.5 Å². The minimum absolute atomic E-state index is 0.0194. The zero-order chi connectivity index (χ0) is 24.2. The topological polar surface area (TPSA) is 76.1 Å². The largest absolute Gasteiger partial charge is 0.490 e. The third-order valence-electron chi connectivity index (χ3n) is 6.14. The van der Waals surface area contributed by atoms with Gasteiger partial charge in [0.1, 0.15) is 18.0 Å². The molecule has 0 bridgehead atoms. The molecule has 0 N–H and O–H groups in total. The zero-order valence-corrected chi connectivity index (χ0v) is 21.9. The van der Waals surface area contributed by atoms with E-state index in [-0.39, 0.29) is 43.5 Å². The van der Waals surface area contributed by atoms with Gasteiger partial charge in [-0.25, -0.2) is 8.42 Å². The summed E-state index contributed by atoms with van der Waals surface area (Å²) in [6.45, 7) is 1.85. The van der Waals surface area contributed by atoms with Gasteiger partial charge in [0.25, 0.3) is 0 Å². The average Bonchev–Trinajstić information content (AvgIpc) is 2.84. The summed E-state index contributed by atoms with van der Waals surface area (Å²) in [5.74, 6) is 0.492. The van der Waals surface area contributed by atoms with E-state index in [4.69, 9.17) is 21.1 Å². The van der Waals surface area contributed by atoms with E-state index in [0.29, 0.717) is 23.9 Å². The Morgan fingerprint density at radius 2 is 1.82 bits per heavy atom. The second kappa shape index (κ2) is 11.0. The van der Waals surface area contributed by atoms with Crippen LogP contribution in [0.15, 0.2) is 57.9 Å². The van der Waals surface area contributed by atoms with Crippen LogP contribution in [0.5, 0.6) is 5.75 Å². The number of carbonyl (C=O) groups excluding carboxylic acids is 1. The monoisotopic (exact) mass is 570 g/mol. The lowest BCUT2D eigenvalue weighted by atomic mass is 9.97. The minimum Gasteiger partial charge on any atom is -0.490 e. The van der Waals surface area contributed by atoms with Gasteiger partial charge in [-0.3, -0.25) is 4.79 Å². The van der Waals surface area contributed by atoms with Crippen LogP contribution in [0.3, 0.4) is 0 Å². The lowest BCUT2D eigenvalue weighted by Crippen LogP contribution is -2.58. The number of piperidine rings is 1. The molecule has 2 aromatic carbocycles. The van der Waals surface area contributed by atoms with Crippen molar-refractivity contribution < 1.29 is 22.7 Å². The summed E-state index contributed by atoms with van der Waals surface area (Å²) in [5.41, 5.74) is -1.11. The van der Waals surface area contributed by atoms with Gasteiger partial charge in [0.05, 0.1) is 17.9 Å². The van der Waals surface area contributed by atoms with E-state index in [1.165, 1.54) is 4.31 Å². The van der Waals surface area contributed by atoms with E-state index in [0.717, 1.165) is 23.7 Å². The van der Waals surface area contributed by atoms with Crippen LogP contribution < -0.4 is 4.74 Å². The number of benzene rings is 2. The molecule has 34 heavy (non-hydrogen) atoms. The van der Waals surface area contributed by atoms with E-state index in [2.05, 4.69) is 15.9 Å². The summed E-state index contributed by atoms with van der Waals surface area (Å²) in [5, 5.41) is 0.528. The third-order valence-corrected chi connectivity index (χ3v) is 8.77. The summed E-state index contributed by atoms with van der Waals surface area (Å²) in [7, 11) is -3.77. The van der Waals surface area contributed by atoms with Crippen LogP contribution in [0, 0.1) is 0 Å². The molecule has 0 spiro atoms. The first-order valence-electron chi connectivity index (χ1n) is 11.3. The maximum absolute atomic E-state index is 13.4. The SMILES string of the molecule is O=C(C[C@@]1(COc2cccc(Cl)c2)CN(S(=O)(=O)c2ccc(Br)cc2)CCO1)N1CCCCC1. The Hall–Kier alpha value is -1.65. The van der Waals surface area contributed by atoms with E-state index < -0.39 is 15.6 Å². The van der Waals surface area contributed by atoms with Crippen molar-refractivity contribution in [2.24, 2.45) is 0 Å². The first-order valence-corrected chi connectivity index (χ1v) is 13.9. The van der Waals surface area contributed by atoms with Crippen molar-refractivity contribution in [3.63, 3.8) is 0 Å². The Morgan fingerprint density at radius 1 is 1.09 bits per heavy atom. The predicted molar refractivity (Wildman–Crippen MR) is 134 cm³/mol. The number of hydrogen-bond donors (Lipinski definition) is 0. The summed E-state index contributed by atoms with van der Waals surface area (Å²) >= 11 is 9.43. The molecule has 0 unspecified atom stereocenters. The molecule has 2 aliphatic rings. The highest BCUT2D eigenvalue weighted by Crippen LogP contribution is 2.30. The molecule has 7 nitrogen and oxygen atoms in total. The number of amides is 1. The second-order valence-electron chi connectivity index (χ2n) is 8.69. The fourth-order valence-corrected chi connectivity index (χ4v) is 6.26. The summed E-state index contributed by atoms with van der Waals surface area (Å²) < 4.78 is 41.1. The van der Waals surface area contributed by atoms with Gasteiger partial charge in [-0.1, -0.05) is 33.6 Å². The molecule has 0 aliphatic carbocycles. The summed E-state index contributed by atoms with van der Waals surface area (Å²) in [6, 6.07) is 13.5. The van der Waals surface area contributed by atoms with Gasteiger partial charge < -0.3 is 14.4 Å². The van der Waals surface area contributed by atoms with Crippen molar-refractivity contribution in [1.29, 1.82) is 0 Å². The van der Waals surface area contributed by atoms with Crippen LogP contribution in [-0.4, -0.2) is 68.5 Å². The van der Waals surface area contributed by atoms with Gasteiger partial charge in [0.2, 0.25) is 15.9 Å². The number of halogens is 2. The number of hydrogen-bond acceptors (Lipinski definition) is 5. The maximum atomic E-state index is 13.4. The third kappa shape index (κ3) is 6.12. The van der Waals surface area contributed by atoms with Crippen molar-refractivity contribution in [2.45, 2.75) is 36.2 Å². The molecule has 0 aromatic heterocycles. The molecule has 0 saturated carbocycles. The van der Waals surface area contributed by atoms with Gasteiger partial charge >= 0.3 is 0 Å². The molecule has 0 radical (unpaired) electrons. The molecular weight excluding hydrogens is 544 g/mol. The summed E-state index contributed by atoms with van der Waals surface area (Å²) in [6.07, 6.45) is 3.10. The number of likely N-dealkylation sites (tertiary alicyclic amines) is 1. The lowest BCUT2D eigenvalue weighted by molar-refractivity contribution is -0.151. The van der Waals surface area contributed by atoms with Crippen molar-refractivity contribution in [3.05, 3.63) is 58.0 Å². The highest BCUT2D eigenvalue weighted by Gasteiger charge is 2.44. The molecule has 2 heterocycles. The molecule has 2 aliphatic heterocycles. The minimum atomic E-state index is -3.77. The number of carbonyl (C=O) groups is 1. The molecule has 1 atom stereocenters. The number of ether oxygens (including phenoxy) is 2. The van der Waals surface area contributed by atoms with Crippen molar-refractivity contribution in [1.82, 2.24) is 9.21 Å². The normalized spacial score (nSPS) is 21.9. The van der Waals surface area contributed by atoms with Gasteiger partial charge in [0.15, 0.2) is 0 Å². The number of nitrogens with zero attached hydrogens (tertiary/aromatic N) is 2. The number of morpholine rings is 1. The molecule has 1 amide bonds. The molecule has 2 saturated heterocycles. The smallest absolute Gasteiger partial charge is 0.243 e. The first kappa shape index (κ1) is 25.4. The summed E-state index contributed by atoms with van der Waals surface area (Å²) in [4.78, 5) is 15.2. The standard InChI is InChI=1S/C24H28BrClN2O5S/c25-19-7-9-22(10-8-19)34(30,31)28-13-14-33-24(17-28,16-23(29)27-11-2-1-3-12-27)18-32-21-6-4-5-20(26)15-21/h4-10,15H,1-3,11-14,16-18H2/t24-/m0/s1. The average molecular weight is 572 g/mol. The Balaban J connectivity index is 1.58. The predicted octanol–water partition coefficient (Wildman–Crippen LogP) is 4.34. The van der Waals surface area contributed by atoms with Crippen LogP contribution in [0.2, 0.25) is 5.02 Å². The van der Waals surface area contributed by atoms with E-state index in [9.17, 15) is 13.2 Å².